The van der Waals surface area contributed by atoms with Crippen molar-refractivity contribution in [2.75, 3.05) is 13.7 Å². The molecule has 0 aliphatic carbocycles. The number of ether oxygens (including phenoxy) is 3. The molecule has 0 amide bonds. The standard InChI is InChI=1S/C26H23NO4/c1-18-8-7-9-19(2)26(18)30-17-25(28)31-23-13-12-20(15-24(23)29-3)14-22(16-27)21-10-5-4-6-11-21/h4-15H,17H2,1-3H3/b22-14+. The van der Waals surface area contributed by atoms with Gasteiger partial charge in [0.05, 0.1) is 18.8 Å². The van der Waals surface area contributed by atoms with Gasteiger partial charge in [0.2, 0.25) is 0 Å². The van der Waals surface area contributed by atoms with E-state index in [0.29, 0.717) is 17.1 Å². The molecule has 0 aliphatic rings. The molecule has 3 rings (SSSR count). The fourth-order valence-corrected chi connectivity index (χ4v) is 3.13. The smallest absolute Gasteiger partial charge is 0.349 e. The van der Waals surface area contributed by atoms with Crippen molar-refractivity contribution in [3.63, 3.8) is 0 Å². The van der Waals surface area contributed by atoms with Crippen LogP contribution >= 0.6 is 0 Å². The molecule has 5 nitrogen and oxygen atoms in total. The molecule has 0 saturated heterocycles. The van der Waals surface area contributed by atoms with Gasteiger partial charge >= 0.3 is 5.97 Å². The molecule has 0 spiro atoms. The van der Waals surface area contributed by atoms with Crippen LogP contribution in [0.5, 0.6) is 17.2 Å². The monoisotopic (exact) mass is 413 g/mol. The number of nitrogens with zero attached hydrogens (tertiary/aromatic N) is 1. The minimum atomic E-state index is -0.536. The quantitative estimate of drug-likeness (QED) is 0.226. The number of aryl methyl sites for hydroxylation is 2. The Kier molecular flexibility index (Phi) is 7.08. The highest BCUT2D eigenvalue weighted by molar-refractivity contribution is 5.90. The molecule has 0 bridgehead atoms. The van der Waals surface area contributed by atoms with Gasteiger partial charge in [-0.3, -0.25) is 0 Å². The zero-order valence-electron chi connectivity index (χ0n) is 17.7. The zero-order chi connectivity index (χ0) is 22.2. The van der Waals surface area contributed by atoms with Crippen molar-refractivity contribution in [2.45, 2.75) is 13.8 Å². The number of carbonyl (C=O) groups excluding carboxylic acids is 1. The molecule has 0 aromatic heterocycles. The van der Waals surface area contributed by atoms with Crippen LogP contribution in [0.1, 0.15) is 22.3 Å². The summed E-state index contributed by atoms with van der Waals surface area (Å²) in [6.07, 6.45) is 1.76. The summed E-state index contributed by atoms with van der Waals surface area (Å²) in [5.41, 5.74) is 4.00. The average molecular weight is 413 g/mol. The Morgan fingerprint density at radius 2 is 1.68 bits per heavy atom. The lowest BCUT2D eigenvalue weighted by molar-refractivity contribution is -0.136. The number of hydrogen-bond acceptors (Lipinski definition) is 5. The van der Waals surface area contributed by atoms with Gasteiger partial charge in [-0.2, -0.15) is 5.26 Å². The van der Waals surface area contributed by atoms with Gasteiger partial charge in [0, 0.05) is 0 Å². The number of hydrogen-bond donors (Lipinski definition) is 0. The zero-order valence-corrected chi connectivity index (χ0v) is 17.7. The van der Waals surface area contributed by atoms with Crippen molar-refractivity contribution in [1.29, 1.82) is 5.26 Å². The summed E-state index contributed by atoms with van der Waals surface area (Å²) in [6.45, 7) is 3.63. The highest BCUT2D eigenvalue weighted by Gasteiger charge is 2.13. The van der Waals surface area contributed by atoms with E-state index in [2.05, 4.69) is 6.07 Å². The van der Waals surface area contributed by atoms with Gasteiger partial charge in [-0.15, -0.1) is 0 Å². The van der Waals surface area contributed by atoms with E-state index in [1.165, 1.54) is 7.11 Å². The number of nitriles is 1. The largest absolute Gasteiger partial charge is 0.493 e. The molecule has 3 aromatic rings. The van der Waals surface area contributed by atoms with E-state index in [0.717, 1.165) is 22.3 Å². The van der Waals surface area contributed by atoms with Crippen LogP contribution in [0.25, 0.3) is 11.6 Å². The molecule has 0 N–H and O–H groups in total. The fourth-order valence-electron chi connectivity index (χ4n) is 3.13. The second-order valence-electron chi connectivity index (χ2n) is 6.93. The highest BCUT2D eigenvalue weighted by atomic mass is 16.6. The Morgan fingerprint density at radius 3 is 2.32 bits per heavy atom. The minimum Gasteiger partial charge on any atom is -0.493 e. The Balaban J connectivity index is 1.73. The maximum absolute atomic E-state index is 12.3. The van der Waals surface area contributed by atoms with E-state index in [-0.39, 0.29) is 12.4 Å². The molecule has 3 aromatic carbocycles. The third-order valence-corrected chi connectivity index (χ3v) is 4.67. The van der Waals surface area contributed by atoms with Gasteiger partial charge < -0.3 is 14.2 Å². The summed E-state index contributed by atoms with van der Waals surface area (Å²) < 4.78 is 16.5. The van der Waals surface area contributed by atoms with E-state index in [9.17, 15) is 10.1 Å². The van der Waals surface area contributed by atoms with Crippen molar-refractivity contribution in [3.8, 4) is 23.3 Å². The van der Waals surface area contributed by atoms with Crippen LogP contribution in [0.3, 0.4) is 0 Å². The van der Waals surface area contributed by atoms with Crippen LogP contribution in [0.2, 0.25) is 0 Å². The SMILES string of the molecule is COc1cc(/C=C(\C#N)c2ccccc2)ccc1OC(=O)COc1c(C)cccc1C. The lowest BCUT2D eigenvalue weighted by Gasteiger charge is -2.13. The second-order valence-corrected chi connectivity index (χ2v) is 6.93. The van der Waals surface area contributed by atoms with Crippen molar-refractivity contribution >= 4 is 17.6 Å². The predicted octanol–water partition coefficient (Wildman–Crippen LogP) is 5.36. The summed E-state index contributed by atoms with van der Waals surface area (Å²) in [5.74, 6) is 0.815. The second kappa shape index (κ2) is 10.1. The summed E-state index contributed by atoms with van der Waals surface area (Å²) in [4.78, 5) is 12.3. The molecular formula is C26H23NO4. The molecule has 0 saturated carbocycles. The Bertz CT molecular complexity index is 1120. The van der Waals surface area contributed by atoms with Crippen LogP contribution in [0.4, 0.5) is 0 Å². The Hall–Kier alpha value is -4.04. The van der Waals surface area contributed by atoms with Crippen LogP contribution < -0.4 is 14.2 Å². The third-order valence-electron chi connectivity index (χ3n) is 4.67. The number of para-hydroxylation sites is 1. The van der Waals surface area contributed by atoms with Gasteiger partial charge in [0.15, 0.2) is 18.1 Å². The van der Waals surface area contributed by atoms with Crippen LogP contribution in [-0.2, 0) is 4.79 Å². The highest BCUT2D eigenvalue weighted by Crippen LogP contribution is 2.30. The van der Waals surface area contributed by atoms with Crippen molar-refractivity contribution < 1.29 is 19.0 Å². The predicted molar refractivity (Wildman–Crippen MR) is 120 cm³/mol. The molecule has 31 heavy (non-hydrogen) atoms. The molecule has 0 heterocycles. The Labute approximate surface area is 182 Å². The maximum atomic E-state index is 12.3. The summed E-state index contributed by atoms with van der Waals surface area (Å²) >= 11 is 0. The van der Waals surface area contributed by atoms with E-state index in [4.69, 9.17) is 14.2 Å². The molecule has 0 unspecified atom stereocenters. The van der Waals surface area contributed by atoms with Crippen LogP contribution in [0.15, 0.2) is 66.7 Å². The first-order chi connectivity index (χ1) is 15.0. The number of benzene rings is 3. The van der Waals surface area contributed by atoms with Crippen molar-refractivity contribution in [3.05, 3.63) is 89.0 Å². The Morgan fingerprint density at radius 1 is 0.968 bits per heavy atom. The number of rotatable bonds is 7. The van der Waals surface area contributed by atoms with Gasteiger partial charge in [0.1, 0.15) is 5.75 Å². The van der Waals surface area contributed by atoms with E-state index < -0.39 is 5.97 Å². The van der Waals surface area contributed by atoms with Gasteiger partial charge in [0.25, 0.3) is 0 Å². The molecule has 156 valence electrons. The maximum Gasteiger partial charge on any atom is 0.349 e. The summed E-state index contributed by atoms with van der Waals surface area (Å²) in [6, 6.07) is 22.5. The van der Waals surface area contributed by atoms with Crippen molar-refractivity contribution in [2.24, 2.45) is 0 Å². The molecule has 5 heteroatoms. The summed E-state index contributed by atoms with van der Waals surface area (Å²) in [7, 11) is 1.50. The third kappa shape index (κ3) is 5.52. The first-order valence-corrected chi connectivity index (χ1v) is 9.76. The van der Waals surface area contributed by atoms with Crippen LogP contribution in [0, 0.1) is 25.2 Å². The molecule has 0 aliphatic heterocycles. The van der Waals surface area contributed by atoms with Crippen LogP contribution in [-0.4, -0.2) is 19.7 Å². The average Bonchev–Trinajstić information content (AvgIpc) is 2.78. The van der Waals surface area contributed by atoms with Gasteiger partial charge in [-0.25, -0.2) is 4.79 Å². The first kappa shape index (κ1) is 21.7. The van der Waals surface area contributed by atoms with Gasteiger partial charge in [-0.05, 0) is 54.3 Å². The molecule has 0 fully saturated rings. The fraction of sp³-hybridized carbons (Fsp3) is 0.154. The van der Waals surface area contributed by atoms with E-state index in [1.807, 2.05) is 62.4 Å². The topological polar surface area (TPSA) is 68.5 Å². The van der Waals surface area contributed by atoms with E-state index in [1.54, 1.807) is 24.3 Å². The number of carbonyl (C=O) groups is 1. The van der Waals surface area contributed by atoms with Gasteiger partial charge in [-0.1, -0.05) is 54.6 Å². The number of esters is 1. The lowest BCUT2D eigenvalue weighted by atomic mass is 10.0. The summed E-state index contributed by atoms with van der Waals surface area (Å²) in [5, 5.41) is 9.50. The molecular weight excluding hydrogens is 390 g/mol. The number of allylic oxidation sites excluding steroid dienone is 1. The number of methoxy groups -OCH3 is 1. The minimum absolute atomic E-state index is 0.219. The van der Waals surface area contributed by atoms with E-state index >= 15 is 0 Å². The first-order valence-electron chi connectivity index (χ1n) is 9.76. The molecule has 0 atom stereocenters. The van der Waals surface area contributed by atoms with Crippen molar-refractivity contribution in [1.82, 2.24) is 0 Å². The molecule has 0 radical (unpaired) electrons. The normalized spacial score (nSPS) is 10.8. The lowest BCUT2D eigenvalue weighted by Crippen LogP contribution is -2.18.